The Morgan fingerprint density at radius 2 is 2.43 bits per heavy atom. The Morgan fingerprint density at radius 3 is 3.09 bits per heavy atom. The number of nitrogens with zero attached hydrogens (tertiary/aromatic N) is 2. The number of hydrogen-bond donors (Lipinski definition) is 2. The first-order chi connectivity index (χ1) is 11.1. The molecule has 0 spiro atoms. The number of anilines is 1. The third-order valence-electron chi connectivity index (χ3n) is 3.23. The molecule has 1 fully saturated rings. The molecule has 1 aromatic heterocycles. The second-order valence-corrected chi connectivity index (χ2v) is 6.20. The van der Waals surface area contributed by atoms with Crippen molar-refractivity contribution in [1.29, 1.82) is 0 Å². The minimum Gasteiger partial charge on any atom is -0.449 e. The van der Waals surface area contributed by atoms with Crippen molar-refractivity contribution in [3.05, 3.63) is 22.7 Å². The molecule has 0 aliphatic carbocycles. The van der Waals surface area contributed by atoms with E-state index in [0.29, 0.717) is 12.4 Å². The number of hydrogen-bond acceptors (Lipinski definition) is 7. The molecule has 0 unspecified atom stereocenters. The molecule has 2 N–H and O–H groups in total. The molecule has 0 saturated carbocycles. The lowest BCUT2D eigenvalue weighted by molar-refractivity contribution is -0.00629. The predicted octanol–water partition coefficient (Wildman–Crippen LogP) is 1.56. The highest BCUT2D eigenvalue weighted by Crippen LogP contribution is 2.30. The molecule has 1 aromatic rings. The second kappa shape index (κ2) is 8.90. The first-order valence-electron chi connectivity index (χ1n) is 7.55. The Kier molecular flexibility index (Phi) is 6.87. The van der Waals surface area contributed by atoms with Crippen molar-refractivity contribution in [1.82, 2.24) is 9.55 Å². The topological polar surface area (TPSA) is 103 Å². The van der Waals surface area contributed by atoms with E-state index in [1.807, 2.05) is 0 Å². The smallest absolute Gasteiger partial charge is 0.412 e. The number of amides is 1. The van der Waals surface area contributed by atoms with Crippen LogP contribution in [0.1, 0.15) is 32.4 Å². The van der Waals surface area contributed by atoms with Crippen LogP contribution in [0.3, 0.4) is 0 Å². The van der Waals surface area contributed by atoms with E-state index in [2.05, 4.69) is 17.2 Å². The molecule has 9 heteroatoms. The summed E-state index contributed by atoms with van der Waals surface area (Å²) in [6, 6.07) is 1.51. The Morgan fingerprint density at radius 1 is 1.61 bits per heavy atom. The third kappa shape index (κ3) is 5.22. The van der Waals surface area contributed by atoms with Crippen molar-refractivity contribution in [2.75, 3.05) is 24.3 Å². The third-order valence-corrected chi connectivity index (χ3v) is 4.34. The van der Waals surface area contributed by atoms with Crippen LogP contribution in [-0.4, -0.2) is 45.2 Å². The van der Waals surface area contributed by atoms with Crippen LogP contribution in [0.4, 0.5) is 10.6 Å². The fourth-order valence-electron chi connectivity index (χ4n) is 2.04. The first-order valence-corrected chi connectivity index (χ1v) is 8.59. The van der Waals surface area contributed by atoms with E-state index in [4.69, 9.17) is 14.6 Å². The number of unbranched alkanes of at least 4 members (excludes halogenated alkanes) is 2. The number of aliphatic hydroxyl groups is 1. The van der Waals surface area contributed by atoms with E-state index in [1.54, 1.807) is 0 Å². The maximum atomic E-state index is 12.0. The van der Waals surface area contributed by atoms with Crippen LogP contribution >= 0.6 is 11.8 Å². The summed E-state index contributed by atoms with van der Waals surface area (Å²) in [5.74, 6) is 0.690. The van der Waals surface area contributed by atoms with E-state index in [-0.39, 0.29) is 17.9 Å². The molecule has 0 aromatic carbocycles. The Balaban J connectivity index is 1.89. The summed E-state index contributed by atoms with van der Waals surface area (Å²) >= 11 is 1.43. The summed E-state index contributed by atoms with van der Waals surface area (Å²) < 4.78 is 11.8. The molecule has 0 bridgehead atoms. The van der Waals surface area contributed by atoms with E-state index in [9.17, 15) is 9.59 Å². The number of carbonyl (C=O) groups is 1. The van der Waals surface area contributed by atoms with Gasteiger partial charge in [-0.2, -0.15) is 4.98 Å². The van der Waals surface area contributed by atoms with Crippen molar-refractivity contribution in [3.63, 3.8) is 0 Å². The highest BCUT2D eigenvalue weighted by atomic mass is 32.2. The zero-order valence-electron chi connectivity index (χ0n) is 12.9. The number of aliphatic hydroxyl groups excluding tert-OH is 1. The molecular weight excluding hydrogens is 322 g/mol. The van der Waals surface area contributed by atoms with E-state index in [0.717, 1.165) is 19.3 Å². The van der Waals surface area contributed by atoms with Crippen LogP contribution in [0.5, 0.6) is 0 Å². The molecule has 8 nitrogen and oxygen atoms in total. The summed E-state index contributed by atoms with van der Waals surface area (Å²) in [4.78, 5) is 27.4. The van der Waals surface area contributed by atoms with Gasteiger partial charge in [0.05, 0.1) is 13.2 Å². The van der Waals surface area contributed by atoms with Crippen LogP contribution in [0.25, 0.3) is 0 Å². The van der Waals surface area contributed by atoms with E-state index >= 15 is 0 Å². The van der Waals surface area contributed by atoms with Gasteiger partial charge in [-0.05, 0) is 12.5 Å². The van der Waals surface area contributed by atoms with Gasteiger partial charge in [0.25, 0.3) is 0 Å². The molecule has 1 aliphatic heterocycles. The van der Waals surface area contributed by atoms with Crippen molar-refractivity contribution >= 4 is 23.7 Å². The van der Waals surface area contributed by atoms with Crippen LogP contribution in [0.2, 0.25) is 0 Å². The Labute approximate surface area is 138 Å². The average molecular weight is 343 g/mol. The van der Waals surface area contributed by atoms with Gasteiger partial charge >= 0.3 is 11.8 Å². The van der Waals surface area contributed by atoms with Crippen molar-refractivity contribution in [2.24, 2.45) is 0 Å². The number of nitrogens with one attached hydrogen (secondary N) is 1. The molecule has 2 heterocycles. The monoisotopic (exact) mass is 343 g/mol. The minimum absolute atomic E-state index is 0.104. The van der Waals surface area contributed by atoms with Gasteiger partial charge in [0, 0.05) is 11.9 Å². The van der Waals surface area contributed by atoms with Crippen molar-refractivity contribution in [2.45, 2.75) is 37.9 Å². The summed E-state index contributed by atoms with van der Waals surface area (Å²) in [6.07, 6.45) is 3.26. The lowest BCUT2D eigenvalue weighted by Gasteiger charge is -2.14. The quantitative estimate of drug-likeness (QED) is 0.724. The fourth-order valence-corrected chi connectivity index (χ4v) is 2.97. The second-order valence-electron chi connectivity index (χ2n) is 5.01. The number of carbonyl (C=O) groups excluding carboxylic acids is 1. The molecule has 23 heavy (non-hydrogen) atoms. The summed E-state index contributed by atoms with van der Waals surface area (Å²) in [7, 11) is 0. The number of rotatable bonds is 7. The Hall–Kier alpha value is -1.58. The molecular formula is C14H21N3O5S. The molecule has 1 saturated heterocycles. The number of thioether (sulfide) groups is 1. The van der Waals surface area contributed by atoms with Gasteiger partial charge in [-0.1, -0.05) is 19.8 Å². The molecule has 1 amide bonds. The van der Waals surface area contributed by atoms with Crippen LogP contribution < -0.4 is 11.0 Å². The minimum atomic E-state index is -0.626. The summed E-state index contributed by atoms with van der Waals surface area (Å²) in [5.41, 5.74) is -0.860. The highest BCUT2D eigenvalue weighted by molar-refractivity contribution is 8.00. The van der Waals surface area contributed by atoms with E-state index < -0.39 is 18.0 Å². The van der Waals surface area contributed by atoms with Gasteiger partial charge in [-0.3, -0.25) is 9.88 Å². The van der Waals surface area contributed by atoms with Gasteiger partial charge in [0.15, 0.2) is 0 Å². The molecule has 1 aliphatic rings. The molecule has 128 valence electrons. The highest BCUT2D eigenvalue weighted by Gasteiger charge is 2.27. The van der Waals surface area contributed by atoms with Gasteiger partial charge in [-0.25, -0.2) is 9.59 Å². The molecule has 2 atom stereocenters. The first kappa shape index (κ1) is 17.8. The lowest BCUT2D eigenvalue weighted by Crippen LogP contribution is -2.29. The Bertz CT molecular complexity index is 580. The van der Waals surface area contributed by atoms with E-state index in [1.165, 1.54) is 28.6 Å². The predicted molar refractivity (Wildman–Crippen MR) is 86.4 cm³/mol. The largest absolute Gasteiger partial charge is 0.449 e. The maximum Gasteiger partial charge on any atom is 0.412 e. The zero-order chi connectivity index (χ0) is 16.7. The van der Waals surface area contributed by atoms with Crippen LogP contribution in [0.15, 0.2) is 17.1 Å². The average Bonchev–Trinajstić information content (AvgIpc) is 3.00. The summed E-state index contributed by atoms with van der Waals surface area (Å²) in [5, 5.41) is 11.5. The maximum absolute atomic E-state index is 12.0. The molecule has 0 radical (unpaired) electrons. The van der Waals surface area contributed by atoms with Crippen LogP contribution in [-0.2, 0) is 9.47 Å². The zero-order valence-corrected chi connectivity index (χ0v) is 13.8. The van der Waals surface area contributed by atoms with Gasteiger partial charge in [0.1, 0.15) is 17.5 Å². The summed E-state index contributed by atoms with van der Waals surface area (Å²) in [6.45, 7) is 2.30. The number of ether oxygens (including phenoxy) is 2. The van der Waals surface area contributed by atoms with Gasteiger partial charge < -0.3 is 14.6 Å². The number of aromatic nitrogens is 2. The van der Waals surface area contributed by atoms with Gasteiger partial charge in [-0.15, -0.1) is 11.8 Å². The lowest BCUT2D eigenvalue weighted by atomic mass is 10.3. The van der Waals surface area contributed by atoms with Gasteiger partial charge in [0.2, 0.25) is 0 Å². The molecule has 2 rings (SSSR count). The standard InChI is InChI=1S/C14H21N3O5S/c1-2-3-4-7-21-14(20)16-10-5-6-17(13(19)15-10)11-9-23-12(8-18)22-11/h5-6,11-12,18H,2-4,7-9H2,1H3,(H,15,16,19,20)/t11-,12+/m0/s1. The van der Waals surface area contributed by atoms with Crippen molar-refractivity contribution < 1.29 is 19.4 Å². The normalized spacial score (nSPS) is 20.4. The van der Waals surface area contributed by atoms with Crippen LogP contribution in [0, 0.1) is 0 Å². The fraction of sp³-hybridized carbons (Fsp3) is 0.643. The van der Waals surface area contributed by atoms with Crippen molar-refractivity contribution in [3.8, 4) is 0 Å². The SMILES string of the molecule is CCCCCOC(=O)Nc1ccn([C@@H]2CS[C@H](CO)O2)c(=O)n1.